The number of likely N-dealkylation sites (N-methyl/N-ethyl adjacent to an activating group) is 1. The van der Waals surface area contributed by atoms with Crippen LogP contribution in [0.3, 0.4) is 0 Å². The van der Waals surface area contributed by atoms with Gasteiger partial charge in [0.2, 0.25) is 0 Å². The molecule has 7 nitrogen and oxygen atoms in total. The lowest BCUT2D eigenvalue weighted by atomic mass is 10.1. The average Bonchev–Trinajstić information content (AvgIpc) is 2.91. The fraction of sp³-hybridized carbons (Fsp3) is 0.433. The molecule has 37 heavy (non-hydrogen) atoms. The van der Waals surface area contributed by atoms with E-state index in [9.17, 15) is 4.79 Å². The first-order chi connectivity index (χ1) is 17.9. The fourth-order valence-electron chi connectivity index (χ4n) is 4.87. The van der Waals surface area contributed by atoms with Crippen molar-refractivity contribution in [3.8, 4) is 5.75 Å². The maximum atomic E-state index is 12.9. The third-order valence-corrected chi connectivity index (χ3v) is 6.99. The van der Waals surface area contributed by atoms with Crippen molar-refractivity contribution in [2.45, 2.75) is 6.42 Å². The maximum absolute atomic E-state index is 12.9. The van der Waals surface area contributed by atoms with Gasteiger partial charge < -0.3 is 19.4 Å². The van der Waals surface area contributed by atoms with Gasteiger partial charge in [0.15, 0.2) is 5.78 Å². The number of carbonyl (C=O) groups is 1. The van der Waals surface area contributed by atoms with Crippen LogP contribution in [0.1, 0.15) is 22.3 Å². The quantitative estimate of drug-likeness (QED) is 0.278. The number of para-hydroxylation sites is 1. The predicted octanol–water partition coefficient (Wildman–Crippen LogP) is 3.71. The van der Waals surface area contributed by atoms with E-state index in [0.717, 1.165) is 63.6 Å². The van der Waals surface area contributed by atoms with Gasteiger partial charge >= 0.3 is 0 Å². The molecule has 2 aromatic carbocycles. The highest BCUT2D eigenvalue weighted by atomic mass is 16.5. The summed E-state index contributed by atoms with van der Waals surface area (Å²) in [6.07, 6.45) is 6.76. The summed E-state index contributed by atoms with van der Waals surface area (Å²) in [5.41, 5.74) is 2.73. The number of ether oxygens (including phenoxy) is 1. The van der Waals surface area contributed by atoms with Crippen LogP contribution in [0.4, 0.5) is 5.69 Å². The van der Waals surface area contributed by atoms with Gasteiger partial charge in [-0.15, -0.1) is 0 Å². The van der Waals surface area contributed by atoms with E-state index in [4.69, 9.17) is 4.74 Å². The van der Waals surface area contributed by atoms with Gasteiger partial charge in [-0.3, -0.25) is 14.6 Å². The van der Waals surface area contributed by atoms with Gasteiger partial charge in [0.05, 0.1) is 18.8 Å². The minimum Gasteiger partial charge on any atom is -0.493 e. The number of anilines is 1. The highest BCUT2D eigenvalue weighted by molar-refractivity contribution is 6.08. The standard InChI is InChI=1S/C30H41N5O2/c1-31(2)26-13-10-25(11-14-26)12-15-28(36)27-8-5-6-9-29(27)37-23-7-17-34-19-21-35(22-20-34)30-16-18-32(3)24-33(30)4/h5-6,8-16H,7,17-24H2,1-4H3/b15-12+. The summed E-state index contributed by atoms with van der Waals surface area (Å²) in [4.78, 5) is 24.6. The topological polar surface area (TPSA) is 42.5 Å². The molecule has 1 fully saturated rings. The number of nitrogens with zero attached hydrogens (tertiary/aromatic N) is 5. The van der Waals surface area contributed by atoms with Crippen molar-refractivity contribution in [2.24, 2.45) is 0 Å². The van der Waals surface area contributed by atoms with Crippen LogP contribution in [0.25, 0.3) is 6.08 Å². The van der Waals surface area contributed by atoms with Crippen LogP contribution in [0.15, 0.2) is 66.5 Å². The second-order valence-electron chi connectivity index (χ2n) is 10.2. The second-order valence-corrected chi connectivity index (χ2v) is 10.2. The number of ketones is 1. The van der Waals surface area contributed by atoms with Gasteiger partial charge in [-0.1, -0.05) is 30.3 Å². The third-order valence-electron chi connectivity index (χ3n) is 6.99. The number of piperazine rings is 1. The molecule has 2 aromatic rings. The SMILES string of the molecule is CN1CC=C(N2CCN(CCCOc3ccccc3C(=O)/C=C/c3ccc(N(C)C)cc3)CC2)N(C)C1. The summed E-state index contributed by atoms with van der Waals surface area (Å²) in [5.74, 6) is 1.97. The minimum absolute atomic E-state index is 0.0448. The molecule has 0 atom stereocenters. The molecule has 0 N–H and O–H groups in total. The van der Waals surface area contributed by atoms with Crippen molar-refractivity contribution in [3.05, 3.63) is 77.6 Å². The van der Waals surface area contributed by atoms with E-state index in [2.05, 4.69) is 44.7 Å². The molecule has 2 aliphatic heterocycles. The summed E-state index contributed by atoms with van der Waals surface area (Å²) < 4.78 is 6.07. The smallest absolute Gasteiger partial charge is 0.189 e. The Labute approximate surface area is 222 Å². The van der Waals surface area contributed by atoms with Crippen LogP contribution in [-0.4, -0.2) is 106 Å². The van der Waals surface area contributed by atoms with Crippen molar-refractivity contribution in [3.63, 3.8) is 0 Å². The molecule has 0 amide bonds. The first kappa shape index (κ1) is 26.8. The number of rotatable bonds is 10. The van der Waals surface area contributed by atoms with Crippen LogP contribution in [0.2, 0.25) is 0 Å². The largest absolute Gasteiger partial charge is 0.493 e. The number of allylic oxidation sites excluding steroid dienone is 1. The molecule has 198 valence electrons. The molecule has 0 saturated carbocycles. The first-order valence-electron chi connectivity index (χ1n) is 13.2. The van der Waals surface area contributed by atoms with Crippen molar-refractivity contribution in [1.82, 2.24) is 19.6 Å². The van der Waals surface area contributed by atoms with Crippen LogP contribution >= 0.6 is 0 Å². The van der Waals surface area contributed by atoms with E-state index in [-0.39, 0.29) is 5.78 Å². The molecule has 4 rings (SSSR count). The summed E-state index contributed by atoms with van der Waals surface area (Å²) in [7, 11) is 8.35. The van der Waals surface area contributed by atoms with E-state index in [0.29, 0.717) is 17.9 Å². The average molecular weight is 504 g/mol. The molecule has 7 heteroatoms. The molecule has 2 heterocycles. The molecule has 0 aliphatic carbocycles. The third kappa shape index (κ3) is 7.37. The Kier molecular flexibility index (Phi) is 9.25. The lowest BCUT2D eigenvalue weighted by Crippen LogP contribution is -2.51. The number of hydrogen-bond acceptors (Lipinski definition) is 7. The van der Waals surface area contributed by atoms with Crippen molar-refractivity contribution >= 4 is 17.5 Å². The van der Waals surface area contributed by atoms with Crippen LogP contribution in [-0.2, 0) is 0 Å². The minimum atomic E-state index is -0.0448. The highest BCUT2D eigenvalue weighted by Gasteiger charge is 2.23. The molecule has 2 aliphatic rings. The van der Waals surface area contributed by atoms with Gasteiger partial charge in [0, 0.05) is 66.1 Å². The van der Waals surface area contributed by atoms with Crippen molar-refractivity contribution < 1.29 is 9.53 Å². The zero-order valence-corrected chi connectivity index (χ0v) is 22.8. The van der Waals surface area contributed by atoms with E-state index in [1.54, 1.807) is 6.08 Å². The van der Waals surface area contributed by atoms with Gasteiger partial charge in [0.25, 0.3) is 0 Å². The molecule has 0 spiro atoms. The van der Waals surface area contributed by atoms with Gasteiger partial charge in [-0.05, 0) is 55.4 Å². The van der Waals surface area contributed by atoms with Crippen molar-refractivity contribution in [1.29, 1.82) is 0 Å². The Hall–Kier alpha value is -3.29. The van der Waals surface area contributed by atoms with Crippen LogP contribution < -0.4 is 9.64 Å². The Bertz CT molecular complexity index is 1090. The predicted molar refractivity (Wildman–Crippen MR) is 152 cm³/mol. The maximum Gasteiger partial charge on any atom is 0.189 e. The zero-order chi connectivity index (χ0) is 26.2. The number of carbonyl (C=O) groups excluding carboxylic acids is 1. The monoisotopic (exact) mass is 503 g/mol. The summed E-state index contributed by atoms with van der Waals surface area (Å²) in [6, 6.07) is 15.7. The van der Waals surface area contributed by atoms with Crippen molar-refractivity contribution in [2.75, 3.05) is 85.6 Å². The van der Waals surface area contributed by atoms with E-state index >= 15 is 0 Å². The number of hydrogen-bond donors (Lipinski definition) is 0. The molecule has 0 radical (unpaired) electrons. The van der Waals surface area contributed by atoms with Crippen LogP contribution in [0.5, 0.6) is 5.75 Å². The normalized spacial score (nSPS) is 17.2. The Morgan fingerprint density at radius 1 is 1.00 bits per heavy atom. The van der Waals surface area contributed by atoms with Gasteiger partial charge in [0.1, 0.15) is 11.6 Å². The summed E-state index contributed by atoms with van der Waals surface area (Å²) >= 11 is 0. The first-order valence-corrected chi connectivity index (χ1v) is 13.2. The van der Waals surface area contributed by atoms with Gasteiger partial charge in [-0.25, -0.2) is 0 Å². The molecule has 0 unspecified atom stereocenters. The van der Waals surface area contributed by atoms with E-state index in [1.807, 2.05) is 68.7 Å². The molecule has 0 aromatic heterocycles. The Morgan fingerprint density at radius 2 is 1.73 bits per heavy atom. The molecule has 1 saturated heterocycles. The molecular weight excluding hydrogens is 462 g/mol. The molecule has 0 bridgehead atoms. The number of benzene rings is 2. The molecular formula is C30H41N5O2. The Morgan fingerprint density at radius 3 is 2.43 bits per heavy atom. The summed E-state index contributed by atoms with van der Waals surface area (Å²) in [6.45, 7) is 7.84. The fourth-order valence-corrected chi connectivity index (χ4v) is 4.87. The van der Waals surface area contributed by atoms with E-state index < -0.39 is 0 Å². The van der Waals surface area contributed by atoms with E-state index in [1.165, 1.54) is 5.82 Å². The zero-order valence-electron chi connectivity index (χ0n) is 22.8. The van der Waals surface area contributed by atoms with Gasteiger partial charge in [-0.2, -0.15) is 0 Å². The summed E-state index contributed by atoms with van der Waals surface area (Å²) in [5, 5.41) is 0. The lowest BCUT2D eigenvalue weighted by molar-refractivity contribution is 0.0973. The second kappa shape index (κ2) is 12.8. The van der Waals surface area contributed by atoms with Crippen LogP contribution in [0, 0.1) is 0 Å². The highest BCUT2D eigenvalue weighted by Crippen LogP contribution is 2.21. The lowest BCUT2D eigenvalue weighted by Gasteiger charge is -2.43. The Balaban J connectivity index is 1.22.